The number of nitriles is 1. The first-order valence-corrected chi connectivity index (χ1v) is 6.09. The molecule has 4 nitrogen and oxygen atoms in total. The van der Waals surface area contributed by atoms with Crippen LogP contribution in [0.5, 0.6) is 0 Å². The van der Waals surface area contributed by atoms with Crippen LogP contribution >= 0.6 is 34.7 Å². The number of carbonyl (C=O) groups excluding carboxylic acids is 1. The zero-order chi connectivity index (χ0) is 13.7. The second-order valence-electron chi connectivity index (χ2n) is 2.92. The van der Waals surface area contributed by atoms with E-state index in [9.17, 15) is 4.79 Å². The van der Waals surface area contributed by atoms with Gasteiger partial charge in [0.15, 0.2) is 5.15 Å². The van der Waals surface area contributed by atoms with Gasteiger partial charge in [0, 0.05) is 0 Å². The SMILES string of the molecule is C=C/C(C#N)=C(\C=C)NC(=O)c1snc(Cl)c1Cl. The van der Waals surface area contributed by atoms with Gasteiger partial charge in [0.2, 0.25) is 0 Å². The third kappa shape index (κ3) is 2.99. The van der Waals surface area contributed by atoms with Crippen LogP contribution in [-0.2, 0) is 0 Å². The van der Waals surface area contributed by atoms with Gasteiger partial charge in [-0.1, -0.05) is 36.4 Å². The Balaban J connectivity index is 3.05. The molecule has 0 spiro atoms. The summed E-state index contributed by atoms with van der Waals surface area (Å²) in [5.74, 6) is -0.506. The Morgan fingerprint density at radius 1 is 1.44 bits per heavy atom. The molecule has 1 heterocycles. The highest BCUT2D eigenvalue weighted by molar-refractivity contribution is 7.09. The lowest BCUT2D eigenvalue weighted by Crippen LogP contribution is -2.22. The van der Waals surface area contributed by atoms with Gasteiger partial charge in [0.1, 0.15) is 16.0 Å². The van der Waals surface area contributed by atoms with Gasteiger partial charge in [-0.2, -0.15) is 9.64 Å². The van der Waals surface area contributed by atoms with E-state index in [-0.39, 0.29) is 26.3 Å². The Kier molecular flexibility index (Phi) is 5.10. The topological polar surface area (TPSA) is 65.8 Å². The lowest BCUT2D eigenvalue weighted by molar-refractivity contribution is 0.0971. The van der Waals surface area contributed by atoms with Crippen LogP contribution in [0.4, 0.5) is 0 Å². The number of halogens is 2. The van der Waals surface area contributed by atoms with Gasteiger partial charge in [0.05, 0.1) is 11.3 Å². The fraction of sp³-hybridized carbons (Fsp3) is 0. The van der Waals surface area contributed by atoms with Crippen LogP contribution < -0.4 is 5.32 Å². The summed E-state index contributed by atoms with van der Waals surface area (Å²) in [5.41, 5.74) is 0.447. The minimum atomic E-state index is -0.506. The third-order valence-corrected chi connectivity index (χ3v) is 3.67. The van der Waals surface area contributed by atoms with Gasteiger partial charge < -0.3 is 5.32 Å². The first-order valence-electron chi connectivity index (χ1n) is 4.56. The zero-order valence-corrected chi connectivity index (χ0v) is 11.4. The van der Waals surface area contributed by atoms with Crippen LogP contribution in [0, 0.1) is 11.3 Å². The summed E-state index contributed by atoms with van der Waals surface area (Å²) >= 11 is 12.3. The Morgan fingerprint density at radius 2 is 2.11 bits per heavy atom. The lowest BCUT2D eigenvalue weighted by atomic mass is 10.2. The van der Waals surface area contributed by atoms with Crippen molar-refractivity contribution in [1.29, 1.82) is 5.26 Å². The third-order valence-electron chi connectivity index (χ3n) is 1.87. The van der Waals surface area contributed by atoms with Crippen molar-refractivity contribution in [2.45, 2.75) is 0 Å². The zero-order valence-electron chi connectivity index (χ0n) is 9.04. The molecule has 1 aromatic rings. The molecule has 0 aliphatic heterocycles. The molecule has 92 valence electrons. The predicted molar refractivity (Wildman–Crippen MR) is 72.6 cm³/mol. The Bertz CT molecular complexity index is 584. The van der Waals surface area contributed by atoms with Gasteiger partial charge in [-0.05, 0) is 23.7 Å². The van der Waals surface area contributed by atoms with Gasteiger partial charge >= 0.3 is 0 Å². The predicted octanol–water partition coefficient (Wildman–Crippen LogP) is 3.33. The van der Waals surface area contributed by atoms with Crippen molar-refractivity contribution in [2.24, 2.45) is 0 Å². The van der Waals surface area contributed by atoms with Crippen molar-refractivity contribution < 1.29 is 4.79 Å². The monoisotopic (exact) mass is 299 g/mol. The summed E-state index contributed by atoms with van der Waals surface area (Å²) < 4.78 is 3.74. The van der Waals surface area contributed by atoms with Crippen LogP contribution in [0.1, 0.15) is 9.67 Å². The van der Waals surface area contributed by atoms with Crippen molar-refractivity contribution in [3.05, 3.63) is 51.6 Å². The normalized spacial score (nSPS) is 11.2. The highest BCUT2D eigenvalue weighted by atomic mass is 35.5. The van der Waals surface area contributed by atoms with E-state index in [0.717, 1.165) is 11.5 Å². The fourth-order valence-electron chi connectivity index (χ4n) is 1.02. The Hall–Kier alpha value is -1.61. The Labute approximate surface area is 118 Å². The first-order chi connectivity index (χ1) is 8.54. The molecular weight excluding hydrogens is 293 g/mol. The van der Waals surface area contributed by atoms with Crippen molar-refractivity contribution in [3.63, 3.8) is 0 Å². The molecule has 0 saturated carbocycles. The van der Waals surface area contributed by atoms with E-state index in [4.69, 9.17) is 28.5 Å². The molecule has 0 radical (unpaired) electrons. The average Bonchev–Trinajstić information content (AvgIpc) is 2.70. The van der Waals surface area contributed by atoms with E-state index >= 15 is 0 Å². The highest BCUT2D eigenvalue weighted by Gasteiger charge is 2.18. The standard InChI is InChI=1S/C11H7Cl2N3OS/c1-3-6(5-14)7(4-2)15-11(17)9-8(12)10(13)16-18-9/h3-4H,1-2H2,(H,15,17)/b7-6-. The molecule has 0 unspecified atom stereocenters. The molecule has 1 amide bonds. The van der Waals surface area contributed by atoms with Crippen molar-refractivity contribution in [1.82, 2.24) is 9.69 Å². The number of allylic oxidation sites excluding steroid dienone is 3. The summed E-state index contributed by atoms with van der Waals surface area (Å²) in [6, 6.07) is 1.88. The van der Waals surface area contributed by atoms with E-state index < -0.39 is 5.91 Å². The number of carbonyl (C=O) groups is 1. The summed E-state index contributed by atoms with van der Waals surface area (Å²) in [6.07, 6.45) is 2.66. The lowest BCUT2D eigenvalue weighted by Gasteiger charge is -2.05. The minimum Gasteiger partial charge on any atom is -0.320 e. The van der Waals surface area contributed by atoms with Gasteiger partial charge in [0.25, 0.3) is 5.91 Å². The van der Waals surface area contributed by atoms with E-state index in [0.29, 0.717) is 0 Å². The number of hydrogen-bond donors (Lipinski definition) is 1. The molecular formula is C11H7Cl2N3OS. The van der Waals surface area contributed by atoms with Gasteiger partial charge in [-0.25, -0.2) is 0 Å². The van der Waals surface area contributed by atoms with Gasteiger partial charge in [-0.15, -0.1) is 0 Å². The quantitative estimate of drug-likeness (QED) is 0.685. The second-order valence-corrected chi connectivity index (χ2v) is 4.43. The Morgan fingerprint density at radius 3 is 2.50 bits per heavy atom. The van der Waals surface area contributed by atoms with Crippen LogP contribution in [0.3, 0.4) is 0 Å². The molecule has 7 heteroatoms. The molecule has 0 aromatic carbocycles. The molecule has 1 aromatic heterocycles. The first kappa shape index (κ1) is 14.5. The van der Waals surface area contributed by atoms with Crippen LogP contribution in [-0.4, -0.2) is 10.3 Å². The maximum atomic E-state index is 11.9. The fourth-order valence-corrected chi connectivity index (χ4v) is 2.13. The van der Waals surface area contributed by atoms with E-state index in [2.05, 4.69) is 22.8 Å². The van der Waals surface area contributed by atoms with Crippen molar-refractivity contribution >= 4 is 40.6 Å². The van der Waals surface area contributed by atoms with Crippen molar-refractivity contribution in [2.75, 3.05) is 0 Å². The maximum absolute atomic E-state index is 11.9. The van der Waals surface area contributed by atoms with Crippen LogP contribution in [0.15, 0.2) is 36.6 Å². The molecule has 1 rings (SSSR count). The van der Waals surface area contributed by atoms with Crippen LogP contribution in [0.25, 0.3) is 0 Å². The summed E-state index contributed by atoms with van der Waals surface area (Å²) in [5, 5.41) is 11.5. The number of nitrogens with zero attached hydrogens (tertiary/aromatic N) is 2. The highest BCUT2D eigenvalue weighted by Crippen LogP contribution is 2.28. The van der Waals surface area contributed by atoms with E-state index in [1.165, 1.54) is 12.2 Å². The number of amides is 1. The molecule has 0 fully saturated rings. The van der Waals surface area contributed by atoms with E-state index in [1.54, 1.807) is 0 Å². The smallest absolute Gasteiger partial charge is 0.269 e. The average molecular weight is 300 g/mol. The number of rotatable bonds is 4. The molecule has 0 aliphatic rings. The number of aromatic nitrogens is 1. The number of nitrogens with one attached hydrogen (secondary N) is 1. The number of hydrogen-bond acceptors (Lipinski definition) is 4. The largest absolute Gasteiger partial charge is 0.320 e. The molecule has 0 atom stereocenters. The van der Waals surface area contributed by atoms with Crippen LogP contribution in [0.2, 0.25) is 10.2 Å². The second kappa shape index (κ2) is 6.36. The minimum absolute atomic E-state index is 0.0696. The molecule has 1 N–H and O–H groups in total. The van der Waals surface area contributed by atoms with Gasteiger partial charge in [-0.3, -0.25) is 4.79 Å². The molecule has 0 aliphatic carbocycles. The van der Waals surface area contributed by atoms with E-state index in [1.807, 2.05) is 6.07 Å². The summed E-state index contributed by atoms with van der Waals surface area (Å²) in [7, 11) is 0. The molecule has 0 saturated heterocycles. The molecule has 0 bridgehead atoms. The van der Waals surface area contributed by atoms with Crippen molar-refractivity contribution in [3.8, 4) is 6.07 Å². The molecule has 18 heavy (non-hydrogen) atoms. The summed E-state index contributed by atoms with van der Waals surface area (Å²) in [6.45, 7) is 6.98. The summed E-state index contributed by atoms with van der Waals surface area (Å²) in [4.78, 5) is 12.0. The maximum Gasteiger partial charge on any atom is 0.269 e.